The van der Waals surface area contributed by atoms with Crippen LogP contribution < -0.4 is 15.8 Å². The minimum atomic E-state index is -0.116. The van der Waals surface area contributed by atoms with E-state index in [4.69, 9.17) is 4.98 Å². The molecule has 8 nitrogen and oxygen atoms in total. The fourth-order valence-electron chi connectivity index (χ4n) is 5.86. The van der Waals surface area contributed by atoms with Crippen LogP contribution in [0.5, 0.6) is 0 Å². The first-order valence-corrected chi connectivity index (χ1v) is 12.5. The number of anilines is 1. The van der Waals surface area contributed by atoms with E-state index in [1.807, 2.05) is 12.1 Å². The van der Waals surface area contributed by atoms with Gasteiger partial charge in [-0.25, -0.2) is 9.97 Å². The van der Waals surface area contributed by atoms with Gasteiger partial charge in [0, 0.05) is 51.0 Å². The van der Waals surface area contributed by atoms with Gasteiger partial charge in [0.1, 0.15) is 11.6 Å². The van der Waals surface area contributed by atoms with Crippen LogP contribution in [-0.4, -0.2) is 65.0 Å². The van der Waals surface area contributed by atoms with Gasteiger partial charge in [0.2, 0.25) is 0 Å². The third-order valence-corrected chi connectivity index (χ3v) is 8.25. The predicted molar refractivity (Wildman–Crippen MR) is 131 cm³/mol. The lowest BCUT2D eigenvalue weighted by Gasteiger charge is -2.38. The molecule has 178 valence electrons. The average Bonchev–Trinajstić information content (AvgIpc) is 3.43. The summed E-state index contributed by atoms with van der Waals surface area (Å²) in [6.07, 6.45) is 11.6. The number of nitrogens with zero attached hydrogens (tertiary/aromatic N) is 4. The minimum absolute atomic E-state index is 0.0823. The van der Waals surface area contributed by atoms with Crippen LogP contribution in [0, 0.1) is 5.41 Å². The SMILES string of the molecule is CNC(=O)c1ccc(N2CCN(C3C=C(c4nc5c(c(=O)[nH]4)CC4(CC5)CC4)CC3)CC2)nc1. The Bertz CT molecular complexity index is 1190. The Balaban J connectivity index is 1.10. The zero-order chi connectivity index (χ0) is 23.3. The fourth-order valence-corrected chi connectivity index (χ4v) is 5.86. The molecule has 1 atom stereocenters. The molecule has 4 aliphatic rings. The average molecular weight is 461 g/mol. The molecule has 1 aliphatic heterocycles. The van der Waals surface area contributed by atoms with Crippen LogP contribution in [0.1, 0.15) is 59.5 Å². The molecule has 3 heterocycles. The standard InChI is InChI=1S/C26H32N6O2/c1-27-24(33)18-3-5-22(28-16-18)32-12-10-31(11-13-32)19-4-2-17(14-19)23-29-21-6-7-26(8-9-26)15-20(21)25(34)30-23/h3,5,14,16,19H,2,4,6-13,15H2,1H3,(H,27,33)(H,29,30,34). The minimum Gasteiger partial charge on any atom is -0.355 e. The Morgan fingerprint density at radius 2 is 1.97 bits per heavy atom. The lowest BCUT2D eigenvalue weighted by Crippen LogP contribution is -2.49. The molecule has 8 heteroatoms. The Hall–Kier alpha value is -3.00. The third kappa shape index (κ3) is 3.94. The zero-order valence-electron chi connectivity index (χ0n) is 19.8. The Kier molecular flexibility index (Phi) is 5.28. The molecule has 2 aromatic rings. The van der Waals surface area contributed by atoms with E-state index in [-0.39, 0.29) is 11.5 Å². The number of aryl methyl sites for hydroxylation is 1. The van der Waals surface area contributed by atoms with E-state index in [0.717, 1.165) is 74.8 Å². The zero-order valence-corrected chi connectivity index (χ0v) is 19.8. The molecular formula is C26H32N6O2. The van der Waals surface area contributed by atoms with Crippen LogP contribution in [0.3, 0.4) is 0 Å². The van der Waals surface area contributed by atoms with E-state index in [1.54, 1.807) is 13.2 Å². The van der Waals surface area contributed by atoms with Gasteiger partial charge in [-0.1, -0.05) is 6.08 Å². The van der Waals surface area contributed by atoms with Crippen molar-refractivity contribution < 1.29 is 4.79 Å². The van der Waals surface area contributed by atoms with Gasteiger partial charge in [-0.2, -0.15) is 0 Å². The van der Waals surface area contributed by atoms with Gasteiger partial charge in [-0.05, 0) is 68.1 Å². The summed E-state index contributed by atoms with van der Waals surface area (Å²) < 4.78 is 0. The van der Waals surface area contributed by atoms with E-state index in [2.05, 4.69) is 31.2 Å². The van der Waals surface area contributed by atoms with Crippen molar-refractivity contribution >= 4 is 17.3 Å². The molecule has 1 amide bonds. The summed E-state index contributed by atoms with van der Waals surface area (Å²) >= 11 is 0. The Morgan fingerprint density at radius 1 is 1.15 bits per heavy atom. The molecule has 2 fully saturated rings. The molecule has 2 aromatic heterocycles. The topological polar surface area (TPSA) is 94.2 Å². The molecule has 1 spiro atoms. The summed E-state index contributed by atoms with van der Waals surface area (Å²) in [7, 11) is 1.63. The van der Waals surface area contributed by atoms with Crippen LogP contribution in [-0.2, 0) is 12.8 Å². The number of aromatic amines is 1. The maximum atomic E-state index is 12.8. The summed E-state index contributed by atoms with van der Waals surface area (Å²) in [6.45, 7) is 3.73. The van der Waals surface area contributed by atoms with Crippen molar-refractivity contribution in [2.24, 2.45) is 5.41 Å². The molecule has 1 unspecified atom stereocenters. The van der Waals surface area contributed by atoms with E-state index >= 15 is 0 Å². The Morgan fingerprint density at radius 3 is 2.68 bits per heavy atom. The molecule has 1 saturated heterocycles. The summed E-state index contributed by atoms with van der Waals surface area (Å²) in [5.74, 6) is 1.59. The largest absolute Gasteiger partial charge is 0.355 e. The summed E-state index contributed by atoms with van der Waals surface area (Å²) in [4.78, 5) is 41.9. The summed E-state index contributed by atoms with van der Waals surface area (Å²) in [6, 6.07) is 4.14. The first kappa shape index (κ1) is 21.5. The number of nitrogens with one attached hydrogen (secondary N) is 2. The molecule has 0 bridgehead atoms. The van der Waals surface area contributed by atoms with Crippen molar-refractivity contribution in [3.8, 4) is 0 Å². The van der Waals surface area contributed by atoms with Crippen LogP contribution in [0.2, 0.25) is 0 Å². The Labute approximate surface area is 199 Å². The molecule has 0 radical (unpaired) electrons. The van der Waals surface area contributed by atoms with Gasteiger partial charge >= 0.3 is 0 Å². The number of rotatable bonds is 4. The third-order valence-electron chi connectivity index (χ3n) is 8.25. The van der Waals surface area contributed by atoms with Gasteiger partial charge in [0.15, 0.2) is 0 Å². The van der Waals surface area contributed by atoms with Gasteiger partial charge in [0.05, 0.1) is 11.3 Å². The second kappa shape index (κ2) is 8.34. The second-order valence-corrected chi connectivity index (χ2v) is 10.3. The number of hydrogen-bond donors (Lipinski definition) is 2. The number of aromatic nitrogens is 3. The van der Waals surface area contributed by atoms with Crippen molar-refractivity contribution in [2.45, 2.75) is 51.0 Å². The van der Waals surface area contributed by atoms with E-state index in [9.17, 15) is 9.59 Å². The van der Waals surface area contributed by atoms with Crippen LogP contribution in [0.25, 0.3) is 5.57 Å². The quantitative estimate of drug-likeness (QED) is 0.726. The van der Waals surface area contributed by atoms with Gasteiger partial charge in [-0.15, -0.1) is 0 Å². The maximum Gasteiger partial charge on any atom is 0.254 e. The van der Waals surface area contributed by atoms with Gasteiger partial charge < -0.3 is 15.2 Å². The van der Waals surface area contributed by atoms with Crippen molar-refractivity contribution in [3.63, 3.8) is 0 Å². The molecule has 2 N–H and O–H groups in total. The van der Waals surface area contributed by atoms with Crippen LogP contribution in [0.15, 0.2) is 29.2 Å². The molecule has 34 heavy (non-hydrogen) atoms. The number of carbonyl (C=O) groups is 1. The summed E-state index contributed by atoms with van der Waals surface area (Å²) in [5.41, 5.74) is 4.24. The van der Waals surface area contributed by atoms with E-state index in [1.165, 1.54) is 24.8 Å². The molecule has 6 rings (SSSR count). The van der Waals surface area contributed by atoms with E-state index < -0.39 is 0 Å². The number of allylic oxidation sites excluding steroid dienone is 1. The number of pyridine rings is 1. The number of carbonyl (C=O) groups excluding carboxylic acids is 1. The second-order valence-electron chi connectivity index (χ2n) is 10.3. The van der Waals surface area contributed by atoms with Crippen LogP contribution >= 0.6 is 0 Å². The normalized spacial score (nSPS) is 23.5. The first-order chi connectivity index (χ1) is 16.5. The first-order valence-electron chi connectivity index (χ1n) is 12.5. The molecule has 1 saturated carbocycles. The lowest BCUT2D eigenvalue weighted by atomic mass is 9.84. The van der Waals surface area contributed by atoms with Crippen molar-refractivity contribution in [1.29, 1.82) is 0 Å². The number of fused-ring (bicyclic) bond motifs is 1. The number of hydrogen-bond acceptors (Lipinski definition) is 6. The van der Waals surface area contributed by atoms with Crippen LogP contribution in [0.4, 0.5) is 5.82 Å². The van der Waals surface area contributed by atoms with Gasteiger partial charge in [0.25, 0.3) is 11.5 Å². The van der Waals surface area contributed by atoms with Crippen molar-refractivity contribution in [1.82, 2.24) is 25.2 Å². The van der Waals surface area contributed by atoms with Gasteiger partial charge in [-0.3, -0.25) is 14.5 Å². The van der Waals surface area contributed by atoms with Crippen molar-refractivity contribution in [3.05, 3.63) is 57.4 Å². The number of piperazine rings is 1. The maximum absolute atomic E-state index is 12.8. The number of H-pyrrole nitrogens is 1. The predicted octanol–water partition coefficient (Wildman–Crippen LogP) is 2.16. The number of amides is 1. The highest BCUT2D eigenvalue weighted by atomic mass is 16.1. The molecule has 0 aromatic carbocycles. The fraction of sp³-hybridized carbons (Fsp3) is 0.538. The highest BCUT2D eigenvalue weighted by molar-refractivity contribution is 5.93. The highest BCUT2D eigenvalue weighted by Crippen LogP contribution is 2.53. The van der Waals surface area contributed by atoms with Crippen molar-refractivity contribution in [2.75, 3.05) is 38.1 Å². The summed E-state index contributed by atoms with van der Waals surface area (Å²) in [5, 5.41) is 2.63. The highest BCUT2D eigenvalue weighted by Gasteiger charge is 2.45. The van der Waals surface area contributed by atoms with E-state index in [0.29, 0.717) is 17.0 Å². The monoisotopic (exact) mass is 460 g/mol. The smallest absolute Gasteiger partial charge is 0.254 e. The molecular weight excluding hydrogens is 428 g/mol. The molecule has 3 aliphatic carbocycles. The lowest BCUT2D eigenvalue weighted by molar-refractivity contribution is 0.0962.